The first kappa shape index (κ1) is 11.6. The molecule has 0 fully saturated rings. The second-order valence-electron chi connectivity index (χ2n) is 3.31. The minimum atomic E-state index is -4.53. The SMILES string of the molecule is CC(=O)c1cc(N)cc(C)c1C(F)(F)F. The Hall–Kier alpha value is -1.52. The van der Waals surface area contributed by atoms with Gasteiger partial charge in [0.2, 0.25) is 0 Å². The summed E-state index contributed by atoms with van der Waals surface area (Å²) in [6.45, 7) is 2.37. The van der Waals surface area contributed by atoms with Crippen LogP contribution in [0.3, 0.4) is 0 Å². The van der Waals surface area contributed by atoms with Crippen LogP contribution in [0.1, 0.15) is 28.4 Å². The molecule has 0 saturated carbocycles. The minimum Gasteiger partial charge on any atom is -0.399 e. The second-order valence-corrected chi connectivity index (χ2v) is 3.31. The Labute approximate surface area is 84.9 Å². The first-order chi connectivity index (χ1) is 6.73. The molecule has 15 heavy (non-hydrogen) atoms. The second kappa shape index (κ2) is 3.56. The van der Waals surface area contributed by atoms with E-state index in [0.29, 0.717) is 0 Å². The van der Waals surface area contributed by atoms with Crippen LogP contribution in [0.15, 0.2) is 12.1 Å². The molecular weight excluding hydrogens is 207 g/mol. The topological polar surface area (TPSA) is 43.1 Å². The van der Waals surface area contributed by atoms with E-state index in [9.17, 15) is 18.0 Å². The molecule has 82 valence electrons. The van der Waals surface area contributed by atoms with Gasteiger partial charge in [-0.1, -0.05) is 0 Å². The molecule has 5 heteroatoms. The van der Waals surface area contributed by atoms with Crippen molar-refractivity contribution >= 4 is 11.5 Å². The average molecular weight is 217 g/mol. The predicted octanol–water partition coefficient (Wildman–Crippen LogP) is 2.80. The number of ketones is 1. The van der Waals surface area contributed by atoms with Crippen LogP contribution in [0, 0.1) is 6.92 Å². The number of alkyl halides is 3. The molecule has 0 saturated heterocycles. The Kier molecular flexibility index (Phi) is 2.75. The molecule has 0 spiro atoms. The fourth-order valence-corrected chi connectivity index (χ4v) is 1.47. The molecule has 2 N–H and O–H groups in total. The fraction of sp³-hybridized carbons (Fsp3) is 0.300. The van der Waals surface area contributed by atoms with Gasteiger partial charge in [-0.05, 0) is 31.5 Å². The highest BCUT2D eigenvalue weighted by Crippen LogP contribution is 2.35. The molecule has 1 rings (SSSR count). The largest absolute Gasteiger partial charge is 0.417 e. The summed E-state index contributed by atoms with van der Waals surface area (Å²) in [5.74, 6) is -0.641. The smallest absolute Gasteiger partial charge is 0.399 e. The number of carbonyl (C=O) groups excluding carboxylic acids is 1. The Balaban J connectivity index is 3.55. The quantitative estimate of drug-likeness (QED) is 0.580. The van der Waals surface area contributed by atoms with Crippen LogP contribution in [0.2, 0.25) is 0 Å². The lowest BCUT2D eigenvalue weighted by Crippen LogP contribution is -2.14. The Morgan fingerprint density at radius 1 is 1.33 bits per heavy atom. The van der Waals surface area contributed by atoms with E-state index in [1.165, 1.54) is 13.0 Å². The number of halogens is 3. The van der Waals surface area contributed by atoms with Gasteiger partial charge in [0, 0.05) is 11.3 Å². The van der Waals surface area contributed by atoms with Crippen LogP contribution in [0.4, 0.5) is 18.9 Å². The highest BCUT2D eigenvalue weighted by molar-refractivity contribution is 5.97. The van der Waals surface area contributed by atoms with Crippen molar-refractivity contribution in [3.63, 3.8) is 0 Å². The van der Waals surface area contributed by atoms with Crippen molar-refractivity contribution in [3.05, 3.63) is 28.8 Å². The molecule has 0 aliphatic carbocycles. The lowest BCUT2D eigenvalue weighted by atomic mass is 9.98. The van der Waals surface area contributed by atoms with Crippen LogP contribution in [0.5, 0.6) is 0 Å². The van der Waals surface area contributed by atoms with Gasteiger partial charge in [-0.3, -0.25) is 4.79 Å². The summed E-state index contributed by atoms with van der Waals surface area (Å²) >= 11 is 0. The van der Waals surface area contributed by atoms with Crippen molar-refractivity contribution < 1.29 is 18.0 Å². The van der Waals surface area contributed by atoms with E-state index in [-0.39, 0.29) is 16.8 Å². The number of hydrogen-bond donors (Lipinski definition) is 1. The summed E-state index contributed by atoms with van der Waals surface area (Å²) in [5.41, 5.74) is 4.24. The van der Waals surface area contributed by atoms with E-state index in [0.717, 1.165) is 13.0 Å². The van der Waals surface area contributed by atoms with Crippen LogP contribution in [-0.4, -0.2) is 5.78 Å². The number of anilines is 1. The van der Waals surface area contributed by atoms with Gasteiger partial charge in [-0.25, -0.2) is 0 Å². The zero-order valence-corrected chi connectivity index (χ0v) is 8.27. The molecule has 0 amide bonds. The molecule has 1 aromatic carbocycles. The van der Waals surface area contributed by atoms with Gasteiger partial charge < -0.3 is 5.73 Å². The third-order valence-electron chi connectivity index (χ3n) is 2.02. The van der Waals surface area contributed by atoms with Crippen LogP contribution in [-0.2, 0) is 6.18 Å². The molecule has 1 aromatic rings. The van der Waals surface area contributed by atoms with Crippen molar-refractivity contribution in [1.82, 2.24) is 0 Å². The van der Waals surface area contributed by atoms with Crippen LogP contribution in [0.25, 0.3) is 0 Å². The van der Waals surface area contributed by atoms with Gasteiger partial charge in [0.25, 0.3) is 0 Å². The molecule has 0 unspecified atom stereocenters. The Morgan fingerprint density at radius 3 is 2.27 bits per heavy atom. The molecule has 0 radical (unpaired) electrons. The number of Topliss-reactive ketones (excluding diaryl/α,β-unsaturated/α-hetero) is 1. The van der Waals surface area contributed by atoms with Crippen LogP contribution < -0.4 is 5.73 Å². The summed E-state index contributed by atoms with van der Waals surface area (Å²) in [7, 11) is 0. The average Bonchev–Trinajstić information content (AvgIpc) is 1.99. The highest BCUT2D eigenvalue weighted by atomic mass is 19.4. The summed E-state index contributed by atoms with van der Waals surface area (Å²) in [6.07, 6.45) is -4.53. The fourth-order valence-electron chi connectivity index (χ4n) is 1.47. The van der Waals surface area contributed by atoms with E-state index in [1.54, 1.807) is 0 Å². The number of aryl methyl sites for hydroxylation is 1. The number of nitrogens with two attached hydrogens (primary N) is 1. The van der Waals surface area contributed by atoms with Gasteiger partial charge in [0.1, 0.15) is 0 Å². The maximum absolute atomic E-state index is 12.6. The number of benzene rings is 1. The lowest BCUT2D eigenvalue weighted by molar-refractivity contribution is -0.138. The number of carbonyl (C=O) groups is 1. The van der Waals surface area contributed by atoms with Crippen molar-refractivity contribution in [3.8, 4) is 0 Å². The predicted molar refractivity (Wildman–Crippen MR) is 50.6 cm³/mol. The summed E-state index contributed by atoms with van der Waals surface area (Å²) in [4.78, 5) is 11.1. The molecule has 0 atom stereocenters. The van der Waals surface area contributed by atoms with Gasteiger partial charge in [-0.15, -0.1) is 0 Å². The number of rotatable bonds is 1. The third-order valence-corrected chi connectivity index (χ3v) is 2.02. The number of nitrogen functional groups attached to an aromatic ring is 1. The summed E-state index contributed by atoms with van der Waals surface area (Å²) in [6, 6.07) is 2.26. The van der Waals surface area contributed by atoms with Crippen LogP contribution >= 0.6 is 0 Å². The normalized spacial score (nSPS) is 11.5. The molecular formula is C10H10F3NO. The van der Waals surface area contributed by atoms with E-state index in [1.807, 2.05) is 0 Å². The zero-order chi connectivity index (χ0) is 11.8. The minimum absolute atomic E-state index is 0.0345. The monoisotopic (exact) mass is 217 g/mol. The number of hydrogen-bond acceptors (Lipinski definition) is 2. The standard InChI is InChI=1S/C10H10F3NO/c1-5-3-7(14)4-8(6(2)15)9(5)10(11,12)13/h3-4H,14H2,1-2H3. The van der Waals surface area contributed by atoms with Crippen molar-refractivity contribution in [2.24, 2.45) is 0 Å². The summed E-state index contributed by atoms with van der Waals surface area (Å²) in [5, 5.41) is 0. The zero-order valence-electron chi connectivity index (χ0n) is 8.27. The first-order valence-corrected chi connectivity index (χ1v) is 4.21. The first-order valence-electron chi connectivity index (χ1n) is 4.21. The molecule has 0 bridgehead atoms. The van der Waals surface area contributed by atoms with Gasteiger partial charge >= 0.3 is 6.18 Å². The molecule has 0 aliphatic rings. The van der Waals surface area contributed by atoms with E-state index >= 15 is 0 Å². The van der Waals surface area contributed by atoms with E-state index in [4.69, 9.17) is 5.73 Å². The van der Waals surface area contributed by atoms with E-state index in [2.05, 4.69) is 0 Å². The Bertz CT molecular complexity index is 410. The van der Waals surface area contributed by atoms with Crippen molar-refractivity contribution in [2.45, 2.75) is 20.0 Å². The maximum atomic E-state index is 12.6. The summed E-state index contributed by atoms with van der Waals surface area (Å²) < 4.78 is 37.8. The van der Waals surface area contributed by atoms with Crippen molar-refractivity contribution in [2.75, 3.05) is 5.73 Å². The molecule has 0 aromatic heterocycles. The molecule has 2 nitrogen and oxygen atoms in total. The van der Waals surface area contributed by atoms with Gasteiger partial charge in [-0.2, -0.15) is 13.2 Å². The molecule has 0 heterocycles. The highest BCUT2D eigenvalue weighted by Gasteiger charge is 2.36. The van der Waals surface area contributed by atoms with Crippen molar-refractivity contribution in [1.29, 1.82) is 0 Å². The third kappa shape index (κ3) is 2.29. The lowest BCUT2D eigenvalue weighted by Gasteiger charge is -2.14. The Morgan fingerprint density at radius 2 is 1.87 bits per heavy atom. The molecule has 0 aliphatic heterocycles. The van der Waals surface area contributed by atoms with Gasteiger partial charge in [0.15, 0.2) is 5.78 Å². The van der Waals surface area contributed by atoms with E-state index < -0.39 is 17.5 Å². The maximum Gasteiger partial charge on any atom is 0.417 e. The van der Waals surface area contributed by atoms with Gasteiger partial charge in [0.05, 0.1) is 5.56 Å².